The highest BCUT2D eigenvalue weighted by Gasteiger charge is 2.29. The smallest absolute Gasteiger partial charge is 0.232 e. The van der Waals surface area contributed by atoms with Gasteiger partial charge in [0.05, 0.1) is 12.8 Å². The van der Waals surface area contributed by atoms with Gasteiger partial charge in [-0.15, -0.1) is 0 Å². The molecular weight excluding hydrogens is 328 g/mol. The predicted molar refractivity (Wildman–Crippen MR) is 92.1 cm³/mol. The van der Waals surface area contributed by atoms with Crippen molar-refractivity contribution in [3.05, 3.63) is 40.8 Å². The molecule has 1 aliphatic heterocycles. The van der Waals surface area contributed by atoms with Crippen molar-refractivity contribution in [2.45, 2.75) is 25.5 Å². The standard InChI is InChI=1S/C17H23ClN4O2/c1-22-15(5-6-21-22)16-13(4-3-7-24-16)11-19-9-12-8-14(18)17(23-2)20-10-12/h5-6,8,10,13,16,19H,3-4,7,9,11H2,1-2H3/t13-,16+/m0/s1. The Morgan fingerprint density at radius 3 is 3.08 bits per heavy atom. The summed E-state index contributed by atoms with van der Waals surface area (Å²) >= 11 is 6.12. The number of nitrogens with one attached hydrogen (secondary N) is 1. The van der Waals surface area contributed by atoms with E-state index in [1.807, 2.05) is 30.1 Å². The first-order chi connectivity index (χ1) is 11.7. The number of pyridine rings is 1. The minimum Gasteiger partial charge on any atom is -0.480 e. The topological polar surface area (TPSA) is 61.2 Å². The van der Waals surface area contributed by atoms with Crippen LogP contribution < -0.4 is 10.1 Å². The molecule has 0 radical (unpaired) electrons. The van der Waals surface area contributed by atoms with Gasteiger partial charge in [0.2, 0.25) is 5.88 Å². The van der Waals surface area contributed by atoms with Gasteiger partial charge in [-0.3, -0.25) is 4.68 Å². The molecule has 7 heteroatoms. The Bertz CT molecular complexity index is 676. The van der Waals surface area contributed by atoms with Gasteiger partial charge in [0.15, 0.2) is 0 Å². The van der Waals surface area contributed by atoms with E-state index in [2.05, 4.69) is 15.4 Å². The van der Waals surface area contributed by atoms with Gasteiger partial charge in [0.1, 0.15) is 11.1 Å². The number of aryl methyl sites for hydroxylation is 1. The third kappa shape index (κ3) is 3.88. The van der Waals surface area contributed by atoms with E-state index in [1.165, 1.54) is 0 Å². The van der Waals surface area contributed by atoms with E-state index >= 15 is 0 Å². The van der Waals surface area contributed by atoms with E-state index in [0.29, 0.717) is 23.4 Å². The molecule has 2 aromatic rings. The summed E-state index contributed by atoms with van der Waals surface area (Å²) in [6, 6.07) is 3.92. The van der Waals surface area contributed by atoms with Crippen molar-refractivity contribution in [1.29, 1.82) is 0 Å². The molecule has 130 valence electrons. The normalized spacial score (nSPS) is 21.0. The second-order valence-electron chi connectivity index (χ2n) is 6.04. The Kier molecular flexibility index (Phi) is 5.71. The SMILES string of the molecule is COc1ncc(CNC[C@@H]2CCCO[C@H]2c2ccnn2C)cc1Cl. The summed E-state index contributed by atoms with van der Waals surface area (Å²) in [5.41, 5.74) is 2.17. The fourth-order valence-electron chi connectivity index (χ4n) is 3.16. The molecule has 3 heterocycles. The molecule has 24 heavy (non-hydrogen) atoms. The van der Waals surface area contributed by atoms with Gasteiger partial charge in [-0.1, -0.05) is 11.6 Å². The molecule has 0 saturated carbocycles. The second kappa shape index (κ2) is 7.96. The number of ether oxygens (including phenoxy) is 2. The molecule has 0 spiro atoms. The lowest BCUT2D eigenvalue weighted by Gasteiger charge is -2.32. The minimum atomic E-state index is 0.0938. The lowest BCUT2D eigenvalue weighted by Crippen LogP contribution is -2.32. The molecule has 0 unspecified atom stereocenters. The van der Waals surface area contributed by atoms with Crippen molar-refractivity contribution in [1.82, 2.24) is 20.1 Å². The summed E-state index contributed by atoms with van der Waals surface area (Å²) in [7, 11) is 3.52. The van der Waals surface area contributed by atoms with Crippen molar-refractivity contribution >= 4 is 11.6 Å². The highest BCUT2D eigenvalue weighted by Crippen LogP contribution is 2.32. The van der Waals surface area contributed by atoms with Crippen LogP contribution in [0.3, 0.4) is 0 Å². The van der Waals surface area contributed by atoms with Gasteiger partial charge in [0, 0.05) is 45.1 Å². The van der Waals surface area contributed by atoms with Crippen LogP contribution >= 0.6 is 11.6 Å². The Morgan fingerprint density at radius 1 is 1.50 bits per heavy atom. The maximum absolute atomic E-state index is 6.12. The van der Waals surface area contributed by atoms with E-state index < -0.39 is 0 Å². The Hall–Kier alpha value is -1.63. The third-order valence-electron chi connectivity index (χ3n) is 4.39. The summed E-state index contributed by atoms with van der Waals surface area (Å²) < 4.78 is 13.0. The molecule has 2 atom stereocenters. The zero-order valence-electron chi connectivity index (χ0n) is 14.0. The van der Waals surface area contributed by atoms with Gasteiger partial charge in [-0.25, -0.2) is 4.98 Å². The van der Waals surface area contributed by atoms with Gasteiger partial charge in [0.25, 0.3) is 0 Å². The summed E-state index contributed by atoms with van der Waals surface area (Å²) in [5.74, 6) is 0.883. The van der Waals surface area contributed by atoms with Gasteiger partial charge < -0.3 is 14.8 Å². The van der Waals surface area contributed by atoms with Crippen LogP contribution in [0.2, 0.25) is 5.02 Å². The van der Waals surface area contributed by atoms with Gasteiger partial charge in [-0.2, -0.15) is 5.10 Å². The fourth-order valence-corrected chi connectivity index (χ4v) is 3.42. The first-order valence-corrected chi connectivity index (χ1v) is 8.55. The number of hydrogen-bond acceptors (Lipinski definition) is 5. The average Bonchev–Trinajstić information content (AvgIpc) is 3.01. The summed E-state index contributed by atoms with van der Waals surface area (Å²) in [6.45, 7) is 2.40. The highest BCUT2D eigenvalue weighted by molar-refractivity contribution is 6.31. The first-order valence-electron chi connectivity index (χ1n) is 8.17. The number of aromatic nitrogens is 3. The molecule has 3 rings (SSSR count). The molecule has 2 aromatic heterocycles. The first kappa shape index (κ1) is 17.2. The lowest BCUT2D eigenvalue weighted by atomic mass is 9.92. The molecular formula is C17H23ClN4O2. The van der Waals surface area contributed by atoms with Crippen molar-refractivity contribution in [2.24, 2.45) is 13.0 Å². The summed E-state index contributed by atoms with van der Waals surface area (Å²) in [5, 5.41) is 8.29. The van der Waals surface area contributed by atoms with E-state index in [-0.39, 0.29) is 6.10 Å². The average molecular weight is 351 g/mol. The molecule has 1 aliphatic rings. The maximum Gasteiger partial charge on any atom is 0.232 e. The molecule has 6 nitrogen and oxygen atoms in total. The number of halogens is 1. The van der Waals surface area contributed by atoms with Crippen LogP contribution in [0.25, 0.3) is 0 Å². The van der Waals surface area contributed by atoms with Crippen LogP contribution in [0, 0.1) is 5.92 Å². The highest BCUT2D eigenvalue weighted by atomic mass is 35.5. The zero-order valence-corrected chi connectivity index (χ0v) is 14.8. The maximum atomic E-state index is 6.12. The van der Waals surface area contributed by atoms with Crippen LogP contribution in [0.15, 0.2) is 24.5 Å². The monoisotopic (exact) mass is 350 g/mol. The molecule has 0 bridgehead atoms. The molecule has 0 aliphatic carbocycles. The van der Waals surface area contributed by atoms with Crippen LogP contribution in [-0.2, 0) is 18.3 Å². The third-order valence-corrected chi connectivity index (χ3v) is 4.66. The molecule has 0 aromatic carbocycles. The number of methoxy groups -OCH3 is 1. The van der Waals surface area contributed by atoms with Crippen molar-refractivity contribution in [3.8, 4) is 5.88 Å². The summed E-state index contributed by atoms with van der Waals surface area (Å²) in [6.07, 6.45) is 5.94. The van der Waals surface area contributed by atoms with Gasteiger partial charge >= 0.3 is 0 Å². The van der Waals surface area contributed by atoms with E-state index in [4.69, 9.17) is 21.1 Å². The Balaban J connectivity index is 1.58. The van der Waals surface area contributed by atoms with Gasteiger partial charge in [-0.05, 0) is 30.5 Å². The van der Waals surface area contributed by atoms with Crippen LogP contribution in [0.1, 0.15) is 30.2 Å². The number of hydrogen-bond donors (Lipinski definition) is 1. The molecule has 1 N–H and O–H groups in total. The quantitative estimate of drug-likeness (QED) is 0.868. The van der Waals surface area contributed by atoms with E-state index in [9.17, 15) is 0 Å². The van der Waals surface area contributed by atoms with Crippen molar-refractivity contribution < 1.29 is 9.47 Å². The number of rotatable bonds is 6. The van der Waals surface area contributed by atoms with Crippen LogP contribution in [0.5, 0.6) is 5.88 Å². The largest absolute Gasteiger partial charge is 0.480 e. The predicted octanol–water partition coefficient (Wildman–Crippen LogP) is 2.73. The zero-order chi connectivity index (χ0) is 16.9. The Morgan fingerprint density at radius 2 is 2.38 bits per heavy atom. The molecule has 1 saturated heterocycles. The summed E-state index contributed by atoms with van der Waals surface area (Å²) in [4.78, 5) is 4.20. The molecule has 1 fully saturated rings. The lowest BCUT2D eigenvalue weighted by molar-refractivity contribution is -0.0323. The molecule has 0 amide bonds. The van der Waals surface area contributed by atoms with Crippen molar-refractivity contribution in [2.75, 3.05) is 20.3 Å². The fraction of sp³-hybridized carbons (Fsp3) is 0.529. The van der Waals surface area contributed by atoms with Crippen molar-refractivity contribution in [3.63, 3.8) is 0 Å². The Labute approximate surface area is 147 Å². The van der Waals surface area contributed by atoms with E-state index in [0.717, 1.165) is 37.3 Å². The minimum absolute atomic E-state index is 0.0938. The second-order valence-corrected chi connectivity index (χ2v) is 6.45. The van der Waals surface area contributed by atoms with E-state index in [1.54, 1.807) is 13.3 Å². The van der Waals surface area contributed by atoms with Crippen LogP contribution in [0.4, 0.5) is 0 Å². The number of nitrogens with zero attached hydrogens (tertiary/aromatic N) is 3. The van der Waals surface area contributed by atoms with Crippen LogP contribution in [-0.4, -0.2) is 35.0 Å².